The van der Waals surface area contributed by atoms with E-state index in [-0.39, 0.29) is 46.7 Å². The molecule has 0 saturated heterocycles. The van der Waals surface area contributed by atoms with Gasteiger partial charge in [-0.1, -0.05) is 50.2 Å². The summed E-state index contributed by atoms with van der Waals surface area (Å²) < 4.78 is 12.4. The van der Waals surface area contributed by atoms with Crippen LogP contribution in [0.3, 0.4) is 0 Å². The fraction of sp³-hybridized carbons (Fsp3) is 0.571. The molecule has 5 nitrogen and oxygen atoms in total. The number of carbonyl (C=O) groups excluding carboxylic acids is 3. The number of hydrogen-bond donors (Lipinski definition) is 0. The summed E-state index contributed by atoms with van der Waals surface area (Å²) in [5, 5.41) is 0. The quantitative estimate of drug-likeness (QED) is 0.371. The van der Waals surface area contributed by atoms with Crippen LogP contribution in [0.2, 0.25) is 0 Å². The average Bonchev–Trinajstić information content (AvgIpc) is 3.33. The molecule has 4 fully saturated rings. The molecule has 0 amide bonds. The fourth-order valence-electron chi connectivity index (χ4n) is 9.66. The van der Waals surface area contributed by atoms with Gasteiger partial charge in [-0.25, -0.2) is 9.59 Å². The second-order valence-corrected chi connectivity index (χ2v) is 13.4. The Kier molecular flexibility index (Phi) is 7.13. The van der Waals surface area contributed by atoms with Crippen molar-refractivity contribution in [1.82, 2.24) is 0 Å². The zero-order valence-corrected chi connectivity index (χ0v) is 24.0. The minimum Gasteiger partial charge on any atom is -0.459 e. The van der Waals surface area contributed by atoms with Gasteiger partial charge in [0.1, 0.15) is 18.0 Å². The molecule has 0 aromatic heterocycles. The Morgan fingerprint density at radius 3 is 1.98 bits per heavy atom. The van der Waals surface area contributed by atoms with Crippen molar-refractivity contribution in [2.45, 2.75) is 84.3 Å². The molecule has 40 heavy (non-hydrogen) atoms. The Morgan fingerprint density at radius 2 is 1.35 bits per heavy atom. The summed E-state index contributed by atoms with van der Waals surface area (Å²) >= 11 is 0. The SMILES string of the molecule is CC(=O)[C@H]1CC[C@H]2[C@@H]3CC[C@@H]4C[C@@H](OC(=O)c5ccccc5)CC[C@]4(C)[C@H]3C[C@@H](OC(=O)c3ccccc3)[C@]12C. The molecule has 4 saturated carbocycles. The van der Waals surface area contributed by atoms with E-state index in [9.17, 15) is 14.4 Å². The largest absolute Gasteiger partial charge is 0.459 e. The Morgan fingerprint density at radius 1 is 0.725 bits per heavy atom. The van der Waals surface area contributed by atoms with Crippen LogP contribution in [0.1, 0.15) is 92.9 Å². The van der Waals surface area contributed by atoms with Crippen LogP contribution in [-0.2, 0) is 14.3 Å². The van der Waals surface area contributed by atoms with E-state index in [1.807, 2.05) is 48.5 Å². The van der Waals surface area contributed by atoms with Gasteiger partial charge in [0.2, 0.25) is 0 Å². The Bertz CT molecular complexity index is 1260. The Labute approximate surface area is 238 Å². The van der Waals surface area contributed by atoms with Gasteiger partial charge in [0.25, 0.3) is 0 Å². The van der Waals surface area contributed by atoms with E-state index >= 15 is 0 Å². The molecule has 0 aliphatic heterocycles. The molecule has 0 radical (unpaired) electrons. The molecule has 2 aromatic rings. The van der Waals surface area contributed by atoms with Crippen molar-refractivity contribution in [3.8, 4) is 0 Å². The molecule has 4 aliphatic carbocycles. The number of carbonyl (C=O) groups is 3. The molecule has 2 aromatic carbocycles. The third-order valence-electron chi connectivity index (χ3n) is 11.7. The maximum absolute atomic E-state index is 13.3. The highest BCUT2D eigenvalue weighted by Gasteiger charge is 2.65. The van der Waals surface area contributed by atoms with Crippen molar-refractivity contribution in [2.24, 2.45) is 40.4 Å². The van der Waals surface area contributed by atoms with Crippen molar-refractivity contribution >= 4 is 17.7 Å². The second-order valence-electron chi connectivity index (χ2n) is 13.4. The van der Waals surface area contributed by atoms with Crippen LogP contribution in [0.25, 0.3) is 0 Å². The number of fused-ring (bicyclic) bond motifs is 5. The van der Waals surface area contributed by atoms with Crippen LogP contribution in [0.5, 0.6) is 0 Å². The number of ketones is 1. The third-order valence-corrected chi connectivity index (χ3v) is 11.7. The third kappa shape index (κ3) is 4.50. The maximum atomic E-state index is 13.3. The van der Waals surface area contributed by atoms with Crippen molar-refractivity contribution in [3.05, 3.63) is 71.8 Å². The molecule has 6 rings (SSSR count). The Hall–Kier alpha value is -2.95. The lowest BCUT2D eigenvalue weighted by atomic mass is 9.44. The molecule has 0 unspecified atom stereocenters. The van der Waals surface area contributed by atoms with Gasteiger partial charge in [0, 0.05) is 11.3 Å². The fourth-order valence-corrected chi connectivity index (χ4v) is 9.66. The van der Waals surface area contributed by atoms with Gasteiger partial charge < -0.3 is 9.47 Å². The molecule has 0 bridgehead atoms. The van der Waals surface area contributed by atoms with E-state index in [4.69, 9.17) is 9.47 Å². The van der Waals surface area contributed by atoms with E-state index in [0.717, 1.165) is 51.4 Å². The summed E-state index contributed by atoms with van der Waals surface area (Å²) in [5.74, 6) is 1.45. The lowest BCUT2D eigenvalue weighted by molar-refractivity contribution is -0.175. The number of hydrogen-bond acceptors (Lipinski definition) is 5. The summed E-state index contributed by atoms with van der Waals surface area (Å²) in [6, 6.07) is 18.5. The molecule has 212 valence electrons. The molecule has 5 heteroatoms. The monoisotopic (exact) mass is 542 g/mol. The van der Waals surface area contributed by atoms with Crippen molar-refractivity contribution < 1.29 is 23.9 Å². The van der Waals surface area contributed by atoms with Crippen molar-refractivity contribution in [1.29, 1.82) is 0 Å². The lowest BCUT2D eigenvalue weighted by Gasteiger charge is -2.62. The molecule has 9 atom stereocenters. The van der Waals surface area contributed by atoms with Crippen LogP contribution < -0.4 is 0 Å². The summed E-state index contributed by atoms with van der Waals surface area (Å²) in [6.45, 7) is 6.40. The predicted octanol–water partition coefficient (Wildman–Crippen LogP) is 7.30. The van der Waals surface area contributed by atoms with Crippen LogP contribution in [-0.4, -0.2) is 29.9 Å². The summed E-state index contributed by atoms with van der Waals surface area (Å²) in [5.41, 5.74) is 0.945. The van der Waals surface area contributed by atoms with Crippen LogP contribution >= 0.6 is 0 Å². The minimum absolute atomic E-state index is 0.0588. The first-order valence-corrected chi connectivity index (χ1v) is 15.2. The zero-order chi connectivity index (χ0) is 28.1. The first-order chi connectivity index (χ1) is 19.2. The van der Waals surface area contributed by atoms with Gasteiger partial charge in [-0.15, -0.1) is 0 Å². The highest BCUT2D eigenvalue weighted by atomic mass is 16.5. The van der Waals surface area contributed by atoms with Gasteiger partial charge in [0.15, 0.2) is 0 Å². The number of ether oxygens (including phenoxy) is 2. The average molecular weight is 543 g/mol. The summed E-state index contributed by atoms with van der Waals surface area (Å²) in [4.78, 5) is 39.0. The number of benzene rings is 2. The highest BCUT2D eigenvalue weighted by Crippen LogP contribution is 2.68. The topological polar surface area (TPSA) is 69.7 Å². The maximum Gasteiger partial charge on any atom is 0.338 e. The van der Waals surface area contributed by atoms with Crippen LogP contribution in [0.15, 0.2) is 60.7 Å². The van der Waals surface area contributed by atoms with Crippen LogP contribution in [0, 0.1) is 40.4 Å². The van der Waals surface area contributed by atoms with E-state index < -0.39 is 0 Å². The lowest BCUT2D eigenvalue weighted by Crippen LogP contribution is -2.59. The summed E-state index contributed by atoms with van der Waals surface area (Å²) in [6.07, 6.45) is 7.40. The normalized spacial score (nSPS) is 38.3. The smallest absolute Gasteiger partial charge is 0.338 e. The molecule has 4 aliphatic rings. The number of rotatable bonds is 5. The van der Waals surface area contributed by atoms with Gasteiger partial charge in [-0.2, -0.15) is 0 Å². The number of Topliss-reactive ketones (excluding diaryl/α,β-unsaturated/α-hetero) is 1. The Balaban J connectivity index is 1.24. The van der Waals surface area contributed by atoms with E-state index in [2.05, 4.69) is 13.8 Å². The highest BCUT2D eigenvalue weighted by molar-refractivity contribution is 5.90. The number of esters is 2. The standard InChI is InChI=1S/C35H42O5/c1-22(36)28-16-17-29-27-15-14-25-20-26(39-32(37)23-10-6-4-7-11-23)18-19-34(25,2)30(27)21-31(35(28,29)3)40-33(38)24-12-8-5-9-13-24/h4-13,25-31H,14-21H2,1-3H3/t25-,26+,27+,28-,29+,30+,31-,34+,35-/m1/s1. The molecular formula is C35H42O5. The van der Waals surface area contributed by atoms with Crippen LogP contribution in [0.4, 0.5) is 0 Å². The second kappa shape index (κ2) is 10.5. The summed E-state index contributed by atoms with van der Waals surface area (Å²) in [7, 11) is 0. The molecule has 0 heterocycles. The van der Waals surface area contributed by atoms with Crippen molar-refractivity contribution in [3.63, 3.8) is 0 Å². The first-order valence-electron chi connectivity index (χ1n) is 15.2. The van der Waals surface area contributed by atoms with Crippen molar-refractivity contribution in [2.75, 3.05) is 0 Å². The first kappa shape index (κ1) is 27.2. The molecular weight excluding hydrogens is 500 g/mol. The zero-order valence-electron chi connectivity index (χ0n) is 24.0. The van der Waals surface area contributed by atoms with Gasteiger partial charge in [-0.3, -0.25) is 4.79 Å². The van der Waals surface area contributed by atoms with E-state index in [0.29, 0.717) is 34.8 Å². The predicted molar refractivity (Wildman–Crippen MR) is 153 cm³/mol. The van der Waals surface area contributed by atoms with E-state index in [1.165, 1.54) is 0 Å². The molecule has 0 spiro atoms. The van der Waals surface area contributed by atoms with Gasteiger partial charge in [0.05, 0.1) is 11.1 Å². The molecule has 0 N–H and O–H groups in total. The minimum atomic E-state index is -0.330. The van der Waals surface area contributed by atoms with E-state index in [1.54, 1.807) is 19.1 Å². The van der Waals surface area contributed by atoms with Gasteiger partial charge in [-0.05, 0) is 112 Å². The van der Waals surface area contributed by atoms with Gasteiger partial charge >= 0.3 is 11.9 Å².